The first-order valence-corrected chi connectivity index (χ1v) is 3.83. The number of hydrogen-bond acceptors (Lipinski definition) is 1. The Labute approximate surface area is 96.8 Å². The van der Waals surface area contributed by atoms with E-state index in [4.69, 9.17) is 5.11 Å². The Morgan fingerprint density at radius 3 is 2.23 bits per heavy atom. The molecule has 0 saturated heterocycles. The predicted molar refractivity (Wildman–Crippen MR) is 57.6 cm³/mol. The third-order valence-electron chi connectivity index (χ3n) is 2.04. The normalized spacial score (nSPS) is 9.15. The maximum absolute atomic E-state index is 10.7. The van der Waals surface area contributed by atoms with Gasteiger partial charge in [0.05, 0.1) is 5.56 Å². The fourth-order valence-corrected chi connectivity index (χ4v) is 1.26. The number of aryl methyl sites for hydroxylation is 2. The van der Waals surface area contributed by atoms with Crippen molar-refractivity contribution in [3.8, 4) is 0 Å². The molecule has 70 valence electrons. The molecule has 0 bridgehead atoms. The van der Waals surface area contributed by atoms with Gasteiger partial charge in [0.25, 0.3) is 0 Å². The van der Waals surface area contributed by atoms with E-state index in [-0.39, 0.29) is 25.8 Å². The quantitative estimate of drug-likeness (QED) is 0.838. The molecule has 13 heavy (non-hydrogen) atoms. The standard InChI is InChI=1S/C10H12O2.In.3H/c1-6-4-7(2)8(3)9(5-6)10(11)12;;;;/h4-5H,1-3H3,(H,11,12);;;;. The van der Waals surface area contributed by atoms with Gasteiger partial charge in [-0.05, 0) is 43.5 Å². The summed E-state index contributed by atoms with van der Waals surface area (Å²) in [5, 5.41) is 8.81. The minimum atomic E-state index is -0.848. The molecule has 0 radical (unpaired) electrons. The number of carboxylic acids is 1. The van der Waals surface area contributed by atoms with Crippen LogP contribution < -0.4 is 0 Å². The molecule has 1 aromatic rings. The van der Waals surface area contributed by atoms with Crippen molar-refractivity contribution in [1.29, 1.82) is 0 Å². The van der Waals surface area contributed by atoms with E-state index in [0.29, 0.717) is 5.56 Å². The molecule has 0 atom stereocenters. The molecule has 0 aliphatic carbocycles. The van der Waals surface area contributed by atoms with E-state index in [1.165, 1.54) is 0 Å². The fraction of sp³-hybridized carbons (Fsp3) is 0.300. The molecular weight excluding hydrogens is 267 g/mol. The zero-order valence-electron chi connectivity index (χ0n) is 7.51. The van der Waals surface area contributed by atoms with Crippen LogP contribution >= 0.6 is 0 Å². The Bertz CT molecular complexity index is 332. The van der Waals surface area contributed by atoms with Crippen molar-refractivity contribution in [3.63, 3.8) is 0 Å². The Morgan fingerprint density at radius 1 is 1.23 bits per heavy atom. The molecule has 0 spiro atoms. The molecule has 1 N–H and O–H groups in total. The van der Waals surface area contributed by atoms with Gasteiger partial charge in [-0.2, -0.15) is 0 Å². The van der Waals surface area contributed by atoms with Crippen LogP contribution in [0.1, 0.15) is 27.0 Å². The number of benzene rings is 1. The van der Waals surface area contributed by atoms with Gasteiger partial charge in [0, 0.05) is 0 Å². The maximum atomic E-state index is 10.7. The third kappa shape index (κ3) is 2.76. The second kappa shape index (κ2) is 4.70. The van der Waals surface area contributed by atoms with Gasteiger partial charge in [-0.3, -0.25) is 0 Å². The van der Waals surface area contributed by atoms with Crippen molar-refractivity contribution in [2.24, 2.45) is 0 Å². The van der Waals surface area contributed by atoms with Crippen LogP contribution in [0.25, 0.3) is 0 Å². The Balaban J connectivity index is 0.00000144. The van der Waals surface area contributed by atoms with Crippen LogP contribution in [0.5, 0.6) is 0 Å². The predicted octanol–water partition coefficient (Wildman–Crippen LogP) is 1.13. The molecule has 1 rings (SSSR count). The van der Waals surface area contributed by atoms with Crippen molar-refractivity contribution in [3.05, 3.63) is 34.4 Å². The zero-order valence-corrected chi connectivity index (χ0v) is 7.51. The average molecular weight is 282 g/mol. The van der Waals surface area contributed by atoms with Crippen LogP contribution in [0.2, 0.25) is 0 Å². The van der Waals surface area contributed by atoms with Gasteiger partial charge in [-0.15, -0.1) is 0 Å². The van der Waals surface area contributed by atoms with Crippen LogP contribution in [0.4, 0.5) is 0 Å². The van der Waals surface area contributed by atoms with Gasteiger partial charge in [0.15, 0.2) is 0 Å². The molecule has 0 heterocycles. The number of hydrogen-bond donors (Lipinski definition) is 1. The van der Waals surface area contributed by atoms with E-state index < -0.39 is 5.97 Å². The summed E-state index contributed by atoms with van der Waals surface area (Å²) in [6, 6.07) is 3.69. The molecule has 2 nitrogen and oxygen atoms in total. The zero-order chi connectivity index (χ0) is 9.30. The van der Waals surface area contributed by atoms with Gasteiger partial charge >= 0.3 is 31.8 Å². The Hall–Kier alpha value is -0.440. The summed E-state index contributed by atoms with van der Waals surface area (Å²) in [7, 11) is 0. The second-order valence-electron chi connectivity index (χ2n) is 3.06. The van der Waals surface area contributed by atoms with Gasteiger partial charge in [0.2, 0.25) is 0 Å². The van der Waals surface area contributed by atoms with Crippen molar-refractivity contribution < 1.29 is 9.90 Å². The third-order valence-corrected chi connectivity index (χ3v) is 2.04. The van der Waals surface area contributed by atoms with E-state index in [9.17, 15) is 4.79 Å². The Morgan fingerprint density at radius 2 is 1.77 bits per heavy atom. The summed E-state index contributed by atoms with van der Waals surface area (Å²) in [5.74, 6) is -0.848. The first-order chi connectivity index (χ1) is 5.52. The molecule has 3 heteroatoms. The summed E-state index contributed by atoms with van der Waals surface area (Å²) < 4.78 is 0. The van der Waals surface area contributed by atoms with Crippen LogP contribution in [-0.4, -0.2) is 36.9 Å². The van der Waals surface area contributed by atoms with Crippen LogP contribution in [0.3, 0.4) is 0 Å². The summed E-state index contributed by atoms with van der Waals surface area (Å²) in [6.45, 7) is 5.66. The SMILES string of the molecule is Cc1cc(C)c(C)c(C(=O)O)c1.[InH3]. The minimum absolute atomic E-state index is 0. The second-order valence-corrected chi connectivity index (χ2v) is 3.06. The molecular formula is C10H15InO2. The molecule has 0 amide bonds. The van der Waals surface area contributed by atoms with E-state index in [2.05, 4.69) is 0 Å². The molecule has 0 aliphatic rings. The van der Waals surface area contributed by atoms with Crippen molar-refractivity contribution >= 4 is 31.8 Å². The summed E-state index contributed by atoms with van der Waals surface area (Å²) in [5.41, 5.74) is 3.29. The molecule has 0 unspecified atom stereocenters. The number of rotatable bonds is 1. The van der Waals surface area contributed by atoms with Gasteiger partial charge in [0.1, 0.15) is 0 Å². The fourth-order valence-electron chi connectivity index (χ4n) is 1.26. The van der Waals surface area contributed by atoms with Crippen molar-refractivity contribution in [1.82, 2.24) is 0 Å². The first kappa shape index (κ1) is 12.6. The van der Waals surface area contributed by atoms with E-state index in [1.807, 2.05) is 26.8 Å². The molecule has 0 fully saturated rings. The molecule has 0 aliphatic heterocycles. The van der Waals surface area contributed by atoms with E-state index in [1.54, 1.807) is 6.07 Å². The molecule has 0 aromatic heterocycles. The monoisotopic (exact) mass is 282 g/mol. The number of carboxylic acid groups (broad SMARTS) is 1. The summed E-state index contributed by atoms with van der Waals surface area (Å²) in [4.78, 5) is 10.7. The van der Waals surface area contributed by atoms with Gasteiger partial charge < -0.3 is 5.11 Å². The van der Waals surface area contributed by atoms with Crippen molar-refractivity contribution in [2.75, 3.05) is 0 Å². The number of carbonyl (C=O) groups is 1. The van der Waals surface area contributed by atoms with Crippen LogP contribution in [-0.2, 0) is 0 Å². The average Bonchev–Trinajstić information content (AvgIpc) is 1.96. The number of aromatic carboxylic acids is 1. The Kier molecular flexibility index (Phi) is 4.54. The van der Waals surface area contributed by atoms with Gasteiger partial charge in [-0.25, -0.2) is 4.79 Å². The van der Waals surface area contributed by atoms with Crippen molar-refractivity contribution in [2.45, 2.75) is 20.8 Å². The van der Waals surface area contributed by atoms with E-state index >= 15 is 0 Å². The molecule has 0 saturated carbocycles. The van der Waals surface area contributed by atoms with Gasteiger partial charge in [-0.1, -0.05) is 6.07 Å². The summed E-state index contributed by atoms with van der Waals surface area (Å²) in [6.07, 6.45) is 0. The first-order valence-electron chi connectivity index (χ1n) is 3.83. The molecule has 1 aromatic carbocycles. The topological polar surface area (TPSA) is 37.3 Å². The van der Waals surface area contributed by atoms with E-state index in [0.717, 1.165) is 16.7 Å². The summed E-state index contributed by atoms with van der Waals surface area (Å²) >= 11 is 0. The van der Waals surface area contributed by atoms with Crippen LogP contribution in [0.15, 0.2) is 12.1 Å². The van der Waals surface area contributed by atoms with Crippen LogP contribution in [0, 0.1) is 20.8 Å².